The summed E-state index contributed by atoms with van der Waals surface area (Å²) in [4.78, 5) is 0. The number of rotatable bonds is 2. The van der Waals surface area contributed by atoms with Gasteiger partial charge in [0.25, 0.3) is 0 Å². The van der Waals surface area contributed by atoms with Crippen LogP contribution in [0.15, 0.2) is 66.7 Å². The Labute approximate surface area is 144 Å². The molecule has 24 heavy (non-hydrogen) atoms. The zero-order valence-electron chi connectivity index (χ0n) is 14.5. The first-order valence-electron chi connectivity index (χ1n) is 8.21. The van der Waals surface area contributed by atoms with Crippen molar-refractivity contribution < 1.29 is 0 Å². The summed E-state index contributed by atoms with van der Waals surface area (Å²) in [5.41, 5.74) is 19.4. The van der Waals surface area contributed by atoms with E-state index in [2.05, 4.69) is 63.2 Å². The van der Waals surface area contributed by atoms with Crippen molar-refractivity contribution in [1.29, 1.82) is 0 Å². The van der Waals surface area contributed by atoms with Crippen LogP contribution >= 0.6 is 0 Å². The molecule has 0 unspecified atom stereocenters. The van der Waals surface area contributed by atoms with E-state index in [1.807, 2.05) is 24.3 Å². The van der Waals surface area contributed by atoms with Gasteiger partial charge in [-0.1, -0.05) is 63.2 Å². The van der Waals surface area contributed by atoms with Crippen LogP contribution in [0.3, 0.4) is 0 Å². The smallest absolute Gasteiger partial charge is 0.0314 e. The molecule has 0 saturated heterocycles. The molecule has 0 amide bonds. The number of anilines is 2. The number of nitrogen functional groups attached to an aromatic ring is 2. The molecule has 0 aromatic heterocycles. The van der Waals surface area contributed by atoms with Gasteiger partial charge in [0, 0.05) is 11.4 Å². The average molecular weight is 316 g/mol. The predicted octanol–water partition coefficient (Wildman–Crippen LogP) is 5.48. The molecule has 0 heterocycles. The Kier molecular flexibility index (Phi) is 4.06. The first kappa shape index (κ1) is 16.1. The molecule has 0 bridgehead atoms. The molecule has 0 atom stereocenters. The fraction of sp³-hybridized carbons (Fsp3) is 0.182. The molecule has 0 spiro atoms. The predicted molar refractivity (Wildman–Crippen MR) is 105 cm³/mol. The van der Waals surface area contributed by atoms with E-state index in [0.29, 0.717) is 0 Å². The monoisotopic (exact) mass is 316 g/mol. The van der Waals surface area contributed by atoms with Crippen LogP contribution < -0.4 is 11.5 Å². The van der Waals surface area contributed by atoms with Crippen LogP contribution in [0.5, 0.6) is 0 Å². The second-order valence-electron chi connectivity index (χ2n) is 7.25. The van der Waals surface area contributed by atoms with Gasteiger partial charge in [0.15, 0.2) is 0 Å². The maximum absolute atomic E-state index is 5.83. The Hall–Kier alpha value is -2.74. The van der Waals surface area contributed by atoms with Crippen molar-refractivity contribution in [3.8, 4) is 22.3 Å². The summed E-state index contributed by atoms with van der Waals surface area (Å²) in [5, 5.41) is 0. The Morgan fingerprint density at radius 1 is 0.583 bits per heavy atom. The first-order valence-corrected chi connectivity index (χ1v) is 8.21. The standard InChI is InChI=1S/C22H24N2/c1-22(2,3)21-14-17(15-4-9-18(23)10-5-15)8-13-20(21)16-6-11-19(24)12-7-16/h4-14H,23-24H2,1-3H3. The van der Waals surface area contributed by atoms with Gasteiger partial charge in [0.05, 0.1) is 0 Å². The van der Waals surface area contributed by atoms with Crippen molar-refractivity contribution in [3.63, 3.8) is 0 Å². The number of nitrogens with two attached hydrogens (primary N) is 2. The fourth-order valence-corrected chi connectivity index (χ4v) is 2.93. The third-order valence-corrected chi connectivity index (χ3v) is 4.29. The first-order chi connectivity index (χ1) is 11.3. The van der Waals surface area contributed by atoms with Gasteiger partial charge in [-0.15, -0.1) is 0 Å². The van der Waals surface area contributed by atoms with Gasteiger partial charge in [-0.3, -0.25) is 0 Å². The molecule has 2 heteroatoms. The summed E-state index contributed by atoms with van der Waals surface area (Å²) < 4.78 is 0. The van der Waals surface area contributed by atoms with Gasteiger partial charge >= 0.3 is 0 Å². The zero-order valence-corrected chi connectivity index (χ0v) is 14.5. The van der Waals surface area contributed by atoms with Gasteiger partial charge in [0.1, 0.15) is 0 Å². The van der Waals surface area contributed by atoms with Crippen LogP contribution in [-0.2, 0) is 5.41 Å². The number of hydrogen-bond donors (Lipinski definition) is 2. The van der Waals surface area contributed by atoms with Crippen LogP contribution in [0, 0.1) is 0 Å². The zero-order chi connectivity index (χ0) is 17.3. The van der Waals surface area contributed by atoms with E-state index in [1.165, 1.54) is 27.8 Å². The highest BCUT2D eigenvalue weighted by atomic mass is 14.5. The highest BCUT2D eigenvalue weighted by Crippen LogP contribution is 2.36. The second kappa shape index (κ2) is 6.04. The maximum atomic E-state index is 5.83. The van der Waals surface area contributed by atoms with Crippen molar-refractivity contribution in [2.24, 2.45) is 0 Å². The van der Waals surface area contributed by atoms with Gasteiger partial charge in [-0.05, 0) is 57.5 Å². The molecule has 2 nitrogen and oxygen atoms in total. The van der Waals surface area contributed by atoms with E-state index < -0.39 is 0 Å². The Balaban J connectivity index is 2.14. The molecule has 0 fully saturated rings. The highest BCUT2D eigenvalue weighted by molar-refractivity contribution is 5.76. The summed E-state index contributed by atoms with van der Waals surface area (Å²) in [7, 11) is 0. The van der Waals surface area contributed by atoms with Crippen LogP contribution in [0.1, 0.15) is 26.3 Å². The lowest BCUT2D eigenvalue weighted by molar-refractivity contribution is 0.592. The van der Waals surface area contributed by atoms with Crippen LogP contribution in [-0.4, -0.2) is 0 Å². The Bertz CT molecular complexity index is 839. The fourth-order valence-electron chi connectivity index (χ4n) is 2.93. The minimum Gasteiger partial charge on any atom is -0.399 e. The quantitative estimate of drug-likeness (QED) is 0.615. The normalized spacial score (nSPS) is 11.5. The largest absolute Gasteiger partial charge is 0.399 e. The molecule has 3 rings (SSSR count). The van der Waals surface area contributed by atoms with Gasteiger partial charge in [-0.2, -0.15) is 0 Å². The summed E-state index contributed by atoms with van der Waals surface area (Å²) in [6, 6.07) is 22.8. The van der Waals surface area contributed by atoms with Crippen molar-refractivity contribution >= 4 is 11.4 Å². The lowest BCUT2D eigenvalue weighted by Gasteiger charge is -2.24. The van der Waals surface area contributed by atoms with Crippen LogP contribution in [0.2, 0.25) is 0 Å². The minimum absolute atomic E-state index is 0.0422. The Morgan fingerprint density at radius 3 is 1.54 bits per heavy atom. The van der Waals surface area contributed by atoms with Crippen molar-refractivity contribution in [2.75, 3.05) is 11.5 Å². The third kappa shape index (κ3) is 3.28. The lowest BCUT2D eigenvalue weighted by Crippen LogP contribution is -2.13. The molecular weight excluding hydrogens is 292 g/mol. The van der Waals surface area contributed by atoms with Crippen LogP contribution in [0.4, 0.5) is 11.4 Å². The summed E-state index contributed by atoms with van der Waals surface area (Å²) >= 11 is 0. The molecular formula is C22H24N2. The Morgan fingerprint density at radius 2 is 1.04 bits per heavy atom. The van der Waals surface area contributed by atoms with Gasteiger partial charge < -0.3 is 11.5 Å². The molecule has 0 radical (unpaired) electrons. The topological polar surface area (TPSA) is 52.0 Å². The molecule has 0 aliphatic carbocycles. The molecule has 0 saturated carbocycles. The third-order valence-electron chi connectivity index (χ3n) is 4.29. The summed E-state index contributed by atoms with van der Waals surface area (Å²) in [6.07, 6.45) is 0. The molecule has 3 aromatic rings. The van der Waals surface area contributed by atoms with Gasteiger partial charge in [0.2, 0.25) is 0 Å². The van der Waals surface area contributed by atoms with E-state index in [-0.39, 0.29) is 5.41 Å². The number of hydrogen-bond acceptors (Lipinski definition) is 2. The van der Waals surface area contributed by atoms with E-state index in [9.17, 15) is 0 Å². The van der Waals surface area contributed by atoms with Crippen LogP contribution in [0.25, 0.3) is 22.3 Å². The van der Waals surface area contributed by atoms with E-state index >= 15 is 0 Å². The molecule has 122 valence electrons. The number of benzene rings is 3. The minimum atomic E-state index is 0.0422. The molecule has 4 N–H and O–H groups in total. The lowest BCUT2D eigenvalue weighted by atomic mass is 9.80. The van der Waals surface area contributed by atoms with E-state index in [4.69, 9.17) is 11.5 Å². The summed E-state index contributed by atoms with van der Waals surface area (Å²) in [5.74, 6) is 0. The SMILES string of the molecule is CC(C)(C)c1cc(-c2ccc(N)cc2)ccc1-c1ccc(N)cc1. The maximum Gasteiger partial charge on any atom is 0.0314 e. The van der Waals surface area contributed by atoms with E-state index in [0.717, 1.165) is 11.4 Å². The van der Waals surface area contributed by atoms with E-state index in [1.54, 1.807) is 0 Å². The second-order valence-corrected chi connectivity index (χ2v) is 7.25. The molecule has 3 aromatic carbocycles. The molecule has 0 aliphatic heterocycles. The molecule has 0 aliphatic rings. The van der Waals surface area contributed by atoms with Crippen molar-refractivity contribution in [3.05, 3.63) is 72.3 Å². The highest BCUT2D eigenvalue weighted by Gasteiger charge is 2.19. The van der Waals surface area contributed by atoms with Gasteiger partial charge in [-0.25, -0.2) is 0 Å². The van der Waals surface area contributed by atoms with Crippen molar-refractivity contribution in [1.82, 2.24) is 0 Å². The summed E-state index contributed by atoms with van der Waals surface area (Å²) in [6.45, 7) is 6.74. The van der Waals surface area contributed by atoms with Crippen molar-refractivity contribution in [2.45, 2.75) is 26.2 Å². The average Bonchev–Trinajstić information content (AvgIpc) is 2.55.